The molecule has 0 aromatic carbocycles. The topological polar surface area (TPSA) is 54.4 Å². The Morgan fingerprint density at radius 1 is 1.38 bits per heavy atom. The van der Waals surface area contributed by atoms with Crippen molar-refractivity contribution in [2.45, 2.75) is 25.7 Å². The smallest absolute Gasteiger partial charge is 0.147 e. The molecule has 1 aliphatic rings. The highest BCUT2D eigenvalue weighted by atomic mass is 32.2. The van der Waals surface area contributed by atoms with Crippen molar-refractivity contribution in [3.8, 4) is 0 Å². The Bertz CT molecular complexity index is 240. The van der Waals surface area contributed by atoms with Crippen molar-refractivity contribution in [3.05, 3.63) is 0 Å². The Kier molecular flexibility index (Phi) is 3.74. The van der Waals surface area contributed by atoms with Gasteiger partial charge in [0.15, 0.2) is 0 Å². The second-order valence-electron chi connectivity index (χ2n) is 4.08. The van der Waals surface area contributed by atoms with Gasteiger partial charge in [-0.15, -0.1) is 0 Å². The summed E-state index contributed by atoms with van der Waals surface area (Å²) in [5.41, 5.74) is 0. The van der Waals surface area contributed by atoms with E-state index in [0.29, 0.717) is 5.92 Å². The number of sulfone groups is 1. The lowest BCUT2D eigenvalue weighted by molar-refractivity contribution is 0.191. The van der Waals surface area contributed by atoms with E-state index < -0.39 is 9.84 Å². The van der Waals surface area contributed by atoms with Crippen molar-refractivity contribution in [2.75, 3.05) is 18.6 Å². The molecule has 0 aliphatic heterocycles. The average Bonchev–Trinajstić information content (AvgIpc) is 2.50. The molecular formula is C9H18O3S. The lowest BCUT2D eigenvalue weighted by Crippen LogP contribution is -2.24. The van der Waals surface area contributed by atoms with Crippen LogP contribution in [-0.4, -0.2) is 32.1 Å². The Hall–Kier alpha value is -0.0900. The fourth-order valence-corrected chi connectivity index (χ4v) is 3.31. The first-order valence-corrected chi connectivity index (χ1v) is 6.87. The molecule has 1 aliphatic carbocycles. The molecule has 4 heteroatoms. The van der Waals surface area contributed by atoms with Crippen molar-refractivity contribution in [1.29, 1.82) is 0 Å². The third kappa shape index (κ3) is 3.65. The second kappa shape index (κ2) is 4.42. The highest BCUT2D eigenvalue weighted by Gasteiger charge is 2.26. The molecule has 1 saturated carbocycles. The number of hydrogen-bond donors (Lipinski definition) is 1. The van der Waals surface area contributed by atoms with E-state index in [1.54, 1.807) is 0 Å². The zero-order chi connectivity index (χ0) is 9.90. The number of aliphatic hydroxyl groups is 1. The maximum atomic E-state index is 11.0. The Balaban J connectivity index is 2.51. The Labute approximate surface area is 80.1 Å². The second-order valence-corrected chi connectivity index (χ2v) is 6.26. The van der Waals surface area contributed by atoms with E-state index in [0.717, 1.165) is 12.8 Å². The molecule has 0 bridgehead atoms. The zero-order valence-electron chi connectivity index (χ0n) is 8.07. The number of aliphatic hydroxyl groups excluding tert-OH is 1. The summed E-state index contributed by atoms with van der Waals surface area (Å²) in [4.78, 5) is 0. The SMILES string of the molecule is CS(=O)(=O)C[C@@H](CO)C1CCCC1. The molecule has 0 radical (unpaired) electrons. The molecule has 0 saturated heterocycles. The van der Waals surface area contributed by atoms with Gasteiger partial charge in [0.05, 0.1) is 5.75 Å². The molecule has 1 N–H and O–H groups in total. The van der Waals surface area contributed by atoms with Crippen LogP contribution in [0.15, 0.2) is 0 Å². The fraction of sp³-hybridized carbons (Fsp3) is 1.00. The molecule has 3 nitrogen and oxygen atoms in total. The molecule has 1 rings (SSSR count). The molecule has 0 aromatic heterocycles. The number of rotatable bonds is 4. The van der Waals surface area contributed by atoms with Crippen molar-refractivity contribution in [1.82, 2.24) is 0 Å². The van der Waals surface area contributed by atoms with Gasteiger partial charge in [0.1, 0.15) is 9.84 Å². The van der Waals surface area contributed by atoms with E-state index in [-0.39, 0.29) is 18.3 Å². The predicted molar refractivity (Wildman–Crippen MR) is 52.2 cm³/mol. The Morgan fingerprint density at radius 2 is 1.92 bits per heavy atom. The minimum absolute atomic E-state index is 0.0116. The molecule has 78 valence electrons. The van der Waals surface area contributed by atoms with E-state index in [1.165, 1.54) is 19.1 Å². The largest absolute Gasteiger partial charge is 0.396 e. The van der Waals surface area contributed by atoms with Gasteiger partial charge in [0.2, 0.25) is 0 Å². The first-order chi connectivity index (χ1) is 6.03. The highest BCUT2D eigenvalue weighted by molar-refractivity contribution is 7.90. The van der Waals surface area contributed by atoms with Crippen molar-refractivity contribution < 1.29 is 13.5 Å². The first-order valence-electron chi connectivity index (χ1n) is 4.81. The van der Waals surface area contributed by atoms with Gasteiger partial charge in [-0.3, -0.25) is 0 Å². The molecule has 0 unspecified atom stereocenters. The van der Waals surface area contributed by atoms with Gasteiger partial charge in [-0.1, -0.05) is 25.7 Å². The highest BCUT2D eigenvalue weighted by Crippen LogP contribution is 2.31. The molecular weight excluding hydrogens is 188 g/mol. The van der Waals surface area contributed by atoms with Crippen LogP contribution >= 0.6 is 0 Å². The minimum atomic E-state index is -2.93. The molecule has 1 fully saturated rings. The van der Waals surface area contributed by atoms with Gasteiger partial charge in [0.25, 0.3) is 0 Å². The molecule has 0 amide bonds. The van der Waals surface area contributed by atoms with E-state index in [4.69, 9.17) is 5.11 Å². The maximum absolute atomic E-state index is 11.0. The van der Waals surface area contributed by atoms with E-state index in [1.807, 2.05) is 0 Å². The number of hydrogen-bond acceptors (Lipinski definition) is 3. The van der Waals surface area contributed by atoms with Crippen molar-refractivity contribution in [3.63, 3.8) is 0 Å². The van der Waals surface area contributed by atoms with Crippen molar-refractivity contribution in [2.24, 2.45) is 11.8 Å². The van der Waals surface area contributed by atoms with Gasteiger partial charge < -0.3 is 5.11 Å². The van der Waals surface area contributed by atoms with E-state index >= 15 is 0 Å². The summed E-state index contributed by atoms with van der Waals surface area (Å²) >= 11 is 0. The summed E-state index contributed by atoms with van der Waals surface area (Å²) in [7, 11) is -2.93. The van der Waals surface area contributed by atoms with Crippen LogP contribution in [-0.2, 0) is 9.84 Å². The third-order valence-electron chi connectivity index (χ3n) is 2.82. The lowest BCUT2D eigenvalue weighted by Gasteiger charge is -2.19. The predicted octanol–water partition coefficient (Wildman–Crippen LogP) is 0.830. The summed E-state index contributed by atoms with van der Waals surface area (Å²) in [6.45, 7) is 0.0116. The molecule has 0 spiro atoms. The van der Waals surface area contributed by atoms with Crippen LogP contribution in [0.2, 0.25) is 0 Å². The van der Waals surface area contributed by atoms with Crippen LogP contribution in [0.25, 0.3) is 0 Å². The summed E-state index contributed by atoms with van der Waals surface area (Å²) in [5.74, 6) is 0.547. The van der Waals surface area contributed by atoms with Crippen LogP contribution in [0.5, 0.6) is 0 Å². The molecule has 0 heterocycles. The minimum Gasteiger partial charge on any atom is -0.396 e. The molecule has 1 atom stereocenters. The van der Waals surface area contributed by atoms with Crippen LogP contribution < -0.4 is 0 Å². The maximum Gasteiger partial charge on any atom is 0.147 e. The van der Waals surface area contributed by atoms with Crippen LogP contribution in [0.4, 0.5) is 0 Å². The summed E-state index contributed by atoms with van der Waals surface area (Å²) in [5, 5.41) is 9.09. The Morgan fingerprint density at radius 3 is 2.31 bits per heavy atom. The van der Waals surface area contributed by atoms with Gasteiger partial charge in [-0.25, -0.2) is 8.42 Å². The van der Waals surface area contributed by atoms with Gasteiger partial charge >= 0.3 is 0 Å². The van der Waals surface area contributed by atoms with Gasteiger partial charge in [-0.05, 0) is 11.8 Å². The van der Waals surface area contributed by atoms with Crippen LogP contribution in [0.1, 0.15) is 25.7 Å². The zero-order valence-corrected chi connectivity index (χ0v) is 8.89. The molecule has 0 aromatic rings. The fourth-order valence-electron chi connectivity index (χ4n) is 2.16. The van der Waals surface area contributed by atoms with Crippen LogP contribution in [0.3, 0.4) is 0 Å². The summed E-state index contributed by atoms with van der Waals surface area (Å²) < 4.78 is 22.1. The quantitative estimate of drug-likeness (QED) is 0.741. The third-order valence-corrected chi connectivity index (χ3v) is 3.85. The van der Waals surface area contributed by atoms with Crippen LogP contribution in [0, 0.1) is 11.8 Å². The van der Waals surface area contributed by atoms with E-state index in [9.17, 15) is 8.42 Å². The molecule has 13 heavy (non-hydrogen) atoms. The average molecular weight is 206 g/mol. The summed E-state index contributed by atoms with van der Waals surface area (Å²) in [6.07, 6.45) is 5.78. The normalized spacial score (nSPS) is 22.0. The lowest BCUT2D eigenvalue weighted by atomic mass is 9.93. The standard InChI is InChI=1S/C9H18O3S/c1-13(11,12)7-9(6-10)8-4-2-3-5-8/h8-10H,2-7H2,1H3/t9-/m1/s1. The van der Waals surface area contributed by atoms with Crippen molar-refractivity contribution >= 4 is 9.84 Å². The summed E-state index contributed by atoms with van der Waals surface area (Å²) in [6, 6.07) is 0. The van der Waals surface area contributed by atoms with Gasteiger partial charge in [-0.2, -0.15) is 0 Å². The van der Waals surface area contributed by atoms with Gasteiger partial charge in [0, 0.05) is 12.9 Å². The monoisotopic (exact) mass is 206 g/mol. The first kappa shape index (κ1) is 11.0. The van der Waals surface area contributed by atoms with E-state index in [2.05, 4.69) is 0 Å².